The van der Waals surface area contributed by atoms with E-state index in [0.717, 1.165) is 4.31 Å². The van der Waals surface area contributed by atoms with E-state index in [1.54, 1.807) is 55.5 Å². The first-order valence-electron chi connectivity index (χ1n) is 10.3. The maximum atomic E-state index is 13.4. The molecule has 0 atom stereocenters. The summed E-state index contributed by atoms with van der Waals surface area (Å²) in [6, 6.07) is 19.0. The SMILES string of the molecule is CCOc1ccccc1N(CC(=O)N/N=C\c1ccc(O)c(OC)c1)S(=O)(=O)c1ccccc1. The molecule has 0 aromatic heterocycles. The molecular weight excluding hydrogens is 458 g/mol. The number of ether oxygens (including phenoxy) is 2. The number of rotatable bonds is 10. The van der Waals surface area contributed by atoms with Crippen molar-refractivity contribution in [1.29, 1.82) is 0 Å². The van der Waals surface area contributed by atoms with Crippen LogP contribution in [0.4, 0.5) is 5.69 Å². The summed E-state index contributed by atoms with van der Waals surface area (Å²) < 4.78 is 38.5. The lowest BCUT2D eigenvalue weighted by Gasteiger charge is -2.25. The third kappa shape index (κ3) is 5.84. The summed E-state index contributed by atoms with van der Waals surface area (Å²) in [5.74, 6) is -0.105. The van der Waals surface area contributed by atoms with Gasteiger partial charge in [0, 0.05) is 0 Å². The summed E-state index contributed by atoms with van der Waals surface area (Å²) in [6.07, 6.45) is 1.35. The normalized spacial score (nSPS) is 11.2. The molecule has 3 aromatic rings. The van der Waals surface area contributed by atoms with Crippen LogP contribution in [0, 0.1) is 0 Å². The largest absolute Gasteiger partial charge is 0.504 e. The van der Waals surface area contributed by atoms with Crippen LogP contribution in [0.1, 0.15) is 12.5 Å². The minimum atomic E-state index is -4.08. The second-order valence-corrected chi connectivity index (χ2v) is 8.81. The van der Waals surface area contributed by atoms with Crippen LogP contribution < -0.4 is 19.2 Å². The lowest BCUT2D eigenvalue weighted by atomic mass is 10.2. The molecule has 0 radical (unpaired) electrons. The third-order valence-electron chi connectivity index (χ3n) is 4.66. The quantitative estimate of drug-likeness (QED) is 0.338. The smallest absolute Gasteiger partial charge is 0.264 e. The molecule has 10 heteroatoms. The molecule has 0 saturated heterocycles. The molecule has 3 aromatic carbocycles. The Morgan fingerprint density at radius 1 is 1.06 bits per heavy atom. The van der Waals surface area contributed by atoms with Crippen molar-refractivity contribution in [2.75, 3.05) is 24.6 Å². The van der Waals surface area contributed by atoms with Crippen molar-refractivity contribution in [2.24, 2.45) is 5.10 Å². The van der Waals surface area contributed by atoms with E-state index in [0.29, 0.717) is 17.9 Å². The van der Waals surface area contributed by atoms with E-state index in [-0.39, 0.29) is 22.1 Å². The summed E-state index contributed by atoms with van der Waals surface area (Å²) in [6.45, 7) is 1.58. The Morgan fingerprint density at radius 2 is 1.76 bits per heavy atom. The van der Waals surface area contributed by atoms with Gasteiger partial charge in [-0.3, -0.25) is 9.10 Å². The summed E-state index contributed by atoms with van der Waals surface area (Å²) in [5, 5.41) is 13.6. The van der Waals surface area contributed by atoms with Gasteiger partial charge in [0.2, 0.25) is 0 Å². The van der Waals surface area contributed by atoms with Crippen molar-refractivity contribution < 1.29 is 27.8 Å². The Balaban J connectivity index is 1.87. The molecule has 0 unspecified atom stereocenters. The van der Waals surface area contributed by atoms with Crippen molar-refractivity contribution >= 4 is 27.8 Å². The van der Waals surface area contributed by atoms with Crippen molar-refractivity contribution in [2.45, 2.75) is 11.8 Å². The Labute approximate surface area is 198 Å². The second kappa shape index (κ2) is 11.2. The van der Waals surface area contributed by atoms with E-state index < -0.39 is 22.5 Å². The van der Waals surface area contributed by atoms with Crippen LogP contribution in [0.15, 0.2) is 82.8 Å². The van der Waals surface area contributed by atoms with Crippen molar-refractivity contribution in [1.82, 2.24) is 5.43 Å². The van der Waals surface area contributed by atoms with Gasteiger partial charge in [-0.15, -0.1) is 0 Å². The molecule has 0 spiro atoms. The molecule has 0 bridgehead atoms. The summed E-state index contributed by atoms with van der Waals surface area (Å²) in [7, 11) is -2.67. The first-order chi connectivity index (χ1) is 16.4. The Kier molecular flexibility index (Phi) is 8.10. The number of nitrogens with zero attached hydrogens (tertiary/aromatic N) is 2. The number of carbonyl (C=O) groups is 1. The number of benzene rings is 3. The predicted octanol–water partition coefficient (Wildman–Crippen LogP) is 3.15. The van der Waals surface area contributed by atoms with Gasteiger partial charge in [-0.05, 0) is 55.0 Å². The second-order valence-electron chi connectivity index (χ2n) is 6.95. The zero-order valence-electron chi connectivity index (χ0n) is 18.7. The summed E-state index contributed by atoms with van der Waals surface area (Å²) in [5.41, 5.74) is 3.13. The molecule has 0 heterocycles. The first-order valence-corrected chi connectivity index (χ1v) is 11.8. The number of carbonyl (C=O) groups excluding carboxylic acids is 1. The zero-order chi connectivity index (χ0) is 24.6. The van der Waals surface area contributed by atoms with Gasteiger partial charge in [-0.25, -0.2) is 13.8 Å². The van der Waals surface area contributed by atoms with E-state index in [9.17, 15) is 18.3 Å². The van der Waals surface area contributed by atoms with Gasteiger partial charge in [0.25, 0.3) is 15.9 Å². The number of phenolic OH excluding ortho intramolecular Hbond substituents is 1. The van der Waals surface area contributed by atoms with Crippen LogP contribution in [-0.2, 0) is 14.8 Å². The number of sulfonamides is 1. The van der Waals surface area contributed by atoms with Crippen LogP contribution in [0.25, 0.3) is 0 Å². The fraction of sp³-hybridized carbons (Fsp3) is 0.167. The van der Waals surface area contributed by atoms with Crippen molar-refractivity contribution in [3.8, 4) is 17.2 Å². The van der Waals surface area contributed by atoms with E-state index in [1.165, 1.54) is 37.6 Å². The Morgan fingerprint density at radius 3 is 2.47 bits per heavy atom. The topological polar surface area (TPSA) is 118 Å². The maximum absolute atomic E-state index is 13.4. The van der Waals surface area contributed by atoms with Crippen molar-refractivity contribution in [3.63, 3.8) is 0 Å². The standard InChI is InChI=1S/C24H25N3O6S/c1-3-33-22-12-8-7-11-20(22)27(34(30,31)19-9-5-4-6-10-19)17-24(29)26-25-16-18-13-14-21(28)23(15-18)32-2/h4-16,28H,3,17H2,1-2H3,(H,26,29)/b25-16-. The first kappa shape index (κ1) is 24.6. The molecule has 2 N–H and O–H groups in total. The number of methoxy groups -OCH3 is 1. The summed E-state index contributed by atoms with van der Waals surface area (Å²) >= 11 is 0. The number of anilines is 1. The van der Waals surface area contributed by atoms with Gasteiger partial charge in [0.1, 0.15) is 12.3 Å². The number of nitrogens with one attached hydrogen (secondary N) is 1. The Bertz CT molecular complexity index is 1260. The molecule has 178 valence electrons. The predicted molar refractivity (Wildman–Crippen MR) is 129 cm³/mol. The van der Waals surface area contributed by atoms with Gasteiger partial charge in [0.05, 0.1) is 30.5 Å². The highest BCUT2D eigenvalue weighted by Gasteiger charge is 2.29. The number of amides is 1. The average molecular weight is 484 g/mol. The molecule has 1 amide bonds. The van der Waals surface area contributed by atoms with Crippen molar-refractivity contribution in [3.05, 3.63) is 78.4 Å². The monoisotopic (exact) mass is 483 g/mol. The molecule has 0 saturated carbocycles. The number of hydrazone groups is 1. The fourth-order valence-corrected chi connectivity index (χ4v) is 4.53. The highest BCUT2D eigenvalue weighted by atomic mass is 32.2. The van der Waals surface area contributed by atoms with Gasteiger partial charge < -0.3 is 14.6 Å². The molecular formula is C24H25N3O6S. The van der Waals surface area contributed by atoms with Gasteiger partial charge >= 0.3 is 0 Å². The molecule has 3 rings (SSSR count). The highest BCUT2D eigenvalue weighted by molar-refractivity contribution is 7.92. The fourth-order valence-electron chi connectivity index (χ4n) is 3.08. The average Bonchev–Trinajstić information content (AvgIpc) is 2.85. The van der Waals surface area contributed by atoms with E-state index in [4.69, 9.17) is 9.47 Å². The highest BCUT2D eigenvalue weighted by Crippen LogP contribution is 2.32. The van der Waals surface area contributed by atoms with Crippen LogP contribution in [0.2, 0.25) is 0 Å². The Hall–Kier alpha value is -4.05. The minimum absolute atomic E-state index is 0.0293. The molecule has 0 aliphatic rings. The molecule has 34 heavy (non-hydrogen) atoms. The number of hydrogen-bond acceptors (Lipinski definition) is 7. The number of hydrogen-bond donors (Lipinski definition) is 2. The van der Waals surface area contributed by atoms with Crippen LogP contribution >= 0.6 is 0 Å². The lowest BCUT2D eigenvalue weighted by Crippen LogP contribution is -2.39. The third-order valence-corrected chi connectivity index (χ3v) is 6.43. The minimum Gasteiger partial charge on any atom is -0.504 e. The number of phenols is 1. The van der Waals surface area contributed by atoms with E-state index in [2.05, 4.69) is 10.5 Å². The lowest BCUT2D eigenvalue weighted by molar-refractivity contribution is -0.119. The van der Waals surface area contributed by atoms with Gasteiger partial charge in [0.15, 0.2) is 11.5 Å². The van der Waals surface area contributed by atoms with E-state index in [1.807, 2.05) is 0 Å². The molecule has 0 fully saturated rings. The van der Waals surface area contributed by atoms with E-state index >= 15 is 0 Å². The maximum Gasteiger partial charge on any atom is 0.264 e. The number of aromatic hydroxyl groups is 1. The molecule has 9 nitrogen and oxygen atoms in total. The zero-order valence-corrected chi connectivity index (χ0v) is 19.5. The van der Waals surface area contributed by atoms with Gasteiger partial charge in [-0.2, -0.15) is 5.10 Å². The van der Waals surface area contributed by atoms with Crippen LogP contribution in [0.5, 0.6) is 17.2 Å². The van der Waals surface area contributed by atoms with Gasteiger partial charge in [-0.1, -0.05) is 30.3 Å². The summed E-state index contributed by atoms with van der Waals surface area (Å²) in [4.78, 5) is 12.7. The van der Waals surface area contributed by atoms with Crippen LogP contribution in [-0.4, -0.2) is 45.9 Å². The molecule has 0 aliphatic carbocycles. The molecule has 0 aliphatic heterocycles. The van der Waals surface area contributed by atoms with Crippen LogP contribution in [0.3, 0.4) is 0 Å². The number of para-hydroxylation sites is 2.